The molecule has 0 aliphatic carbocycles. The minimum Gasteiger partial charge on any atom is -0.334 e. The van der Waals surface area contributed by atoms with Crippen LogP contribution in [0.5, 0.6) is 0 Å². The van der Waals surface area contributed by atoms with Crippen LogP contribution in [0, 0.1) is 0 Å². The highest BCUT2D eigenvalue weighted by Crippen LogP contribution is 2.35. The number of carbonyl (C=O) groups excluding carboxylic acids is 1. The molecule has 4 nitrogen and oxygen atoms in total. The molecule has 0 bridgehead atoms. The fourth-order valence-electron chi connectivity index (χ4n) is 3.20. The molecule has 4 rings (SSSR count). The predicted molar refractivity (Wildman–Crippen MR) is 101 cm³/mol. The fourth-order valence-corrected chi connectivity index (χ4v) is 5.18. The van der Waals surface area contributed by atoms with Crippen LogP contribution in [0.3, 0.4) is 0 Å². The van der Waals surface area contributed by atoms with Gasteiger partial charge in [0.15, 0.2) is 0 Å². The molecule has 1 aliphatic heterocycles. The highest BCUT2D eigenvalue weighted by atomic mass is 32.1. The van der Waals surface area contributed by atoms with Gasteiger partial charge in [0, 0.05) is 19.1 Å². The van der Waals surface area contributed by atoms with E-state index in [2.05, 4.69) is 11.1 Å². The Labute approximate surface area is 148 Å². The number of thiazole rings is 1. The van der Waals surface area contributed by atoms with Crippen LogP contribution in [-0.4, -0.2) is 34.9 Å². The van der Waals surface area contributed by atoms with Crippen molar-refractivity contribution >= 4 is 38.8 Å². The highest BCUT2D eigenvalue weighted by molar-refractivity contribution is 7.26. The van der Waals surface area contributed by atoms with Crippen molar-refractivity contribution < 1.29 is 4.79 Å². The lowest BCUT2D eigenvalue weighted by atomic mass is 10.0. The minimum absolute atomic E-state index is 0.113. The minimum atomic E-state index is 0.113. The first-order valence-electron chi connectivity index (χ1n) is 8.23. The number of likely N-dealkylation sites (tertiary alicyclic amines) is 1. The zero-order valence-electron chi connectivity index (χ0n) is 13.3. The van der Waals surface area contributed by atoms with E-state index in [1.807, 2.05) is 35.2 Å². The molecule has 0 radical (unpaired) electrons. The number of para-hydroxylation sites is 1. The molecular formula is C18H19N3OS2. The zero-order valence-corrected chi connectivity index (χ0v) is 14.9. The van der Waals surface area contributed by atoms with Crippen LogP contribution < -0.4 is 5.73 Å². The topological polar surface area (TPSA) is 59.2 Å². The van der Waals surface area contributed by atoms with E-state index in [9.17, 15) is 4.79 Å². The third-order valence-corrected chi connectivity index (χ3v) is 6.76. The summed E-state index contributed by atoms with van der Waals surface area (Å²) in [6.07, 6.45) is 3.24. The van der Waals surface area contributed by atoms with Crippen molar-refractivity contribution in [2.75, 3.05) is 13.1 Å². The van der Waals surface area contributed by atoms with Gasteiger partial charge in [0.2, 0.25) is 0 Å². The molecule has 3 heterocycles. The number of nitrogens with zero attached hydrogens (tertiary/aromatic N) is 2. The average Bonchev–Trinajstić information content (AvgIpc) is 3.27. The Balaban J connectivity index is 1.61. The molecule has 2 aromatic heterocycles. The predicted octanol–water partition coefficient (Wildman–Crippen LogP) is 3.98. The van der Waals surface area contributed by atoms with Gasteiger partial charge < -0.3 is 10.6 Å². The molecule has 1 amide bonds. The summed E-state index contributed by atoms with van der Waals surface area (Å²) in [5, 5.41) is 0.981. The van der Waals surface area contributed by atoms with Gasteiger partial charge in [0.1, 0.15) is 5.01 Å². The molecule has 0 spiro atoms. The Bertz CT molecular complexity index is 837. The van der Waals surface area contributed by atoms with Gasteiger partial charge in [-0.25, -0.2) is 4.98 Å². The Kier molecular flexibility index (Phi) is 4.35. The first kappa shape index (κ1) is 15.7. The van der Waals surface area contributed by atoms with Crippen molar-refractivity contribution in [2.45, 2.75) is 25.3 Å². The van der Waals surface area contributed by atoms with Crippen molar-refractivity contribution in [3.63, 3.8) is 0 Å². The summed E-state index contributed by atoms with van der Waals surface area (Å²) in [6.45, 7) is 1.36. The lowest BCUT2D eigenvalue weighted by Gasteiger charge is -2.34. The van der Waals surface area contributed by atoms with Gasteiger partial charge in [0.25, 0.3) is 5.91 Å². The molecule has 1 atom stereocenters. The Morgan fingerprint density at radius 2 is 2.08 bits per heavy atom. The number of piperidine rings is 1. The lowest BCUT2D eigenvalue weighted by Crippen LogP contribution is -2.47. The molecule has 1 saturated heterocycles. The van der Waals surface area contributed by atoms with Gasteiger partial charge in [-0.3, -0.25) is 4.79 Å². The number of nitrogens with two attached hydrogens (primary N) is 1. The summed E-state index contributed by atoms with van der Waals surface area (Å²) < 4.78 is 1.17. The number of carbonyl (C=O) groups is 1. The van der Waals surface area contributed by atoms with E-state index in [0.717, 1.165) is 46.1 Å². The van der Waals surface area contributed by atoms with Crippen molar-refractivity contribution in [2.24, 2.45) is 5.73 Å². The quantitative estimate of drug-likeness (QED) is 0.771. The number of hydrogen-bond donors (Lipinski definition) is 1. The highest BCUT2D eigenvalue weighted by Gasteiger charge is 2.27. The van der Waals surface area contributed by atoms with Gasteiger partial charge >= 0.3 is 0 Å². The number of thiophene rings is 1. The van der Waals surface area contributed by atoms with E-state index in [1.54, 1.807) is 11.3 Å². The Morgan fingerprint density at radius 3 is 2.92 bits per heavy atom. The third-order valence-electron chi connectivity index (χ3n) is 4.48. The van der Waals surface area contributed by atoms with Gasteiger partial charge in [-0.15, -0.1) is 22.7 Å². The molecule has 1 aromatic carbocycles. The van der Waals surface area contributed by atoms with Gasteiger partial charge in [-0.1, -0.05) is 12.1 Å². The van der Waals surface area contributed by atoms with E-state index in [-0.39, 0.29) is 11.9 Å². The molecular weight excluding hydrogens is 338 g/mol. The summed E-state index contributed by atoms with van der Waals surface area (Å²) in [4.78, 5) is 21.3. The van der Waals surface area contributed by atoms with Gasteiger partial charge in [0.05, 0.1) is 20.0 Å². The molecule has 1 unspecified atom stereocenters. The molecule has 0 saturated carbocycles. The number of benzene rings is 1. The summed E-state index contributed by atoms with van der Waals surface area (Å²) in [5.41, 5.74) is 6.86. The molecule has 6 heteroatoms. The number of aromatic nitrogens is 1. The van der Waals surface area contributed by atoms with Crippen molar-refractivity contribution in [1.29, 1.82) is 0 Å². The smallest absolute Gasteiger partial charge is 0.264 e. The van der Waals surface area contributed by atoms with Crippen LogP contribution in [0.2, 0.25) is 0 Å². The van der Waals surface area contributed by atoms with Crippen LogP contribution in [0.15, 0.2) is 36.4 Å². The SMILES string of the molecule is NCC1CCCCN1C(=O)c1ccc(-c2nc3ccccc3s2)s1. The van der Waals surface area contributed by atoms with E-state index in [4.69, 9.17) is 5.73 Å². The second-order valence-corrected chi connectivity index (χ2v) is 8.15. The van der Waals surface area contributed by atoms with Crippen molar-refractivity contribution in [1.82, 2.24) is 9.88 Å². The summed E-state index contributed by atoms with van der Waals surface area (Å²) >= 11 is 3.20. The Hall–Kier alpha value is -1.76. The van der Waals surface area contributed by atoms with E-state index >= 15 is 0 Å². The second-order valence-electron chi connectivity index (χ2n) is 6.03. The van der Waals surface area contributed by atoms with Crippen molar-refractivity contribution in [3.8, 4) is 9.88 Å². The van der Waals surface area contributed by atoms with Crippen LogP contribution >= 0.6 is 22.7 Å². The molecule has 3 aromatic rings. The van der Waals surface area contributed by atoms with Crippen LogP contribution in [0.25, 0.3) is 20.1 Å². The largest absolute Gasteiger partial charge is 0.334 e. The Morgan fingerprint density at radius 1 is 1.21 bits per heavy atom. The normalized spacial score (nSPS) is 18.2. The molecule has 124 valence electrons. The fraction of sp³-hybridized carbons (Fsp3) is 0.333. The number of hydrogen-bond acceptors (Lipinski definition) is 5. The van der Waals surface area contributed by atoms with E-state index in [1.165, 1.54) is 16.0 Å². The average molecular weight is 358 g/mol. The number of fused-ring (bicyclic) bond motifs is 1. The molecule has 1 aliphatic rings. The van der Waals surface area contributed by atoms with Crippen molar-refractivity contribution in [3.05, 3.63) is 41.3 Å². The first-order chi connectivity index (χ1) is 11.8. The monoisotopic (exact) mass is 357 g/mol. The second kappa shape index (κ2) is 6.63. The maximum Gasteiger partial charge on any atom is 0.264 e. The number of amides is 1. The summed E-state index contributed by atoms with van der Waals surface area (Å²) in [7, 11) is 0. The van der Waals surface area contributed by atoms with Gasteiger partial charge in [-0.05, 0) is 43.5 Å². The maximum absolute atomic E-state index is 12.8. The van der Waals surface area contributed by atoms with Crippen LogP contribution in [0.1, 0.15) is 28.9 Å². The van der Waals surface area contributed by atoms with E-state index in [0.29, 0.717) is 6.54 Å². The third kappa shape index (κ3) is 2.85. The molecule has 2 N–H and O–H groups in total. The number of rotatable bonds is 3. The molecule has 1 fully saturated rings. The van der Waals surface area contributed by atoms with Crippen LogP contribution in [-0.2, 0) is 0 Å². The standard InChI is InChI=1S/C18H19N3OS2/c19-11-12-5-3-4-10-21(12)18(22)16-9-8-15(23-16)17-20-13-6-1-2-7-14(13)24-17/h1-2,6-9,12H,3-5,10-11,19H2. The molecule has 24 heavy (non-hydrogen) atoms. The van der Waals surface area contributed by atoms with E-state index < -0.39 is 0 Å². The first-order valence-corrected chi connectivity index (χ1v) is 9.86. The van der Waals surface area contributed by atoms with Gasteiger partial charge in [-0.2, -0.15) is 0 Å². The van der Waals surface area contributed by atoms with Crippen LogP contribution in [0.4, 0.5) is 0 Å². The summed E-state index contributed by atoms with van der Waals surface area (Å²) in [5.74, 6) is 0.113. The maximum atomic E-state index is 12.8. The lowest BCUT2D eigenvalue weighted by molar-refractivity contribution is 0.0628. The summed E-state index contributed by atoms with van der Waals surface area (Å²) in [6, 6.07) is 12.2. The zero-order chi connectivity index (χ0) is 16.5.